The summed E-state index contributed by atoms with van der Waals surface area (Å²) < 4.78 is 22.3. The van der Waals surface area contributed by atoms with E-state index < -0.39 is 24.3 Å². The van der Waals surface area contributed by atoms with Crippen LogP contribution in [-0.2, 0) is 23.9 Å². The number of carbonyl (C=O) groups is 3. The average molecular weight is 749 g/mol. The van der Waals surface area contributed by atoms with Crippen LogP contribution in [0.1, 0.15) is 82.1 Å². The highest BCUT2D eigenvalue weighted by Crippen LogP contribution is 2.32. The van der Waals surface area contributed by atoms with Crippen LogP contribution in [0, 0.1) is 0 Å². The minimum atomic E-state index is -0.562. The van der Waals surface area contributed by atoms with Gasteiger partial charge in [0.2, 0.25) is 0 Å². The molecule has 3 rings (SSSR count). The lowest BCUT2D eigenvalue weighted by Crippen LogP contribution is -2.13. The Morgan fingerprint density at radius 1 is 0.709 bits per heavy atom. The van der Waals surface area contributed by atoms with Crippen molar-refractivity contribution in [3.05, 3.63) is 119 Å². The Morgan fingerprint density at radius 3 is 1.76 bits per heavy atom. The molecule has 0 fully saturated rings. The predicted octanol–water partition coefficient (Wildman–Crippen LogP) is 9.96. The highest BCUT2D eigenvalue weighted by molar-refractivity contribution is 6.00. The molecular formula is C46H56N2O7. The molecule has 2 N–H and O–H groups in total. The van der Waals surface area contributed by atoms with Gasteiger partial charge in [0.15, 0.2) is 12.4 Å². The summed E-state index contributed by atoms with van der Waals surface area (Å²) in [6, 6.07) is 20.5. The fourth-order valence-electron chi connectivity index (χ4n) is 5.08. The number of allylic oxidation sites excluding steroid dienone is 2. The Morgan fingerprint density at radius 2 is 1.25 bits per heavy atom. The number of anilines is 2. The zero-order chi connectivity index (χ0) is 39.8. The second kappa shape index (κ2) is 24.5. The Hall–Kier alpha value is -5.83. The summed E-state index contributed by atoms with van der Waals surface area (Å²) in [6.07, 6.45) is 17.5. The van der Waals surface area contributed by atoms with Crippen molar-refractivity contribution >= 4 is 53.4 Å². The second-order valence-corrected chi connectivity index (χ2v) is 12.7. The molecule has 292 valence electrons. The maximum Gasteiger partial charge on any atom is 0.337 e. The number of benzene rings is 3. The van der Waals surface area contributed by atoms with E-state index in [2.05, 4.69) is 79.6 Å². The van der Waals surface area contributed by atoms with Crippen molar-refractivity contribution in [3.63, 3.8) is 0 Å². The summed E-state index contributed by atoms with van der Waals surface area (Å²) in [5, 5.41) is 6.90. The largest absolute Gasteiger partial charge is 0.496 e. The molecule has 0 saturated carbocycles. The molecule has 0 saturated heterocycles. The third-order valence-corrected chi connectivity index (χ3v) is 8.37. The van der Waals surface area contributed by atoms with Gasteiger partial charge >= 0.3 is 11.9 Å². The summed E-state index contributed by atoms with van der Waals surface area (Å²) in [6.45, 7) is 12.8. The topological polar surface area (TPSA) is 112 Å². The highest BCUT2D eigenvalue weighted by atomic mass is 16.5. The van der Waals surface area contributed by atoms with Gasteiger partial charge in [-0.05, 0) is 73.4 Å². The average Bonchev–Trinajstić information content (AvgIpc) is 3.19. The highest BCUT2D eigenvalue weighted by Gasteiger charge is 2.12. The van der Waals surface area contributed by atoms with Crippen LogP contribution < -0.4 is 20.1 Å². The lowest BCUT2D eigenvalue weighted by molar-refractivity contribution is -0.144. The van der Waals surface area contributed by atoms with Crippen LogP contribution >= 0.6 is 0 Å². The van der Waals surface area contributed by atoms with Crippen LogP contribution in [0.5, 0.6) is 11.5 Å². The van der Waals surface area contributed by atoms with Gasteiger partial charge in [0.05, 0.1) is 25.9 Å². The zero-order valence-corrected chi connectivity index (χ0v) is 33.0. The van der Waals surface area contributed by atoms with Gasteiger partial charge < -0.3 is 29.6 Å². The summed E-state index contributed by atoms with van der Waals surface area (Å²) in [4.78, 5) is 35.8. The minimum Gasteiger partial charge on any atom is -0.496 e. The molecule has 0 amide bonds. The zero-order valence-electron chi connectivity index (χ0n) is 33.0. The van der Waals surface area contributed by atoms with E-state index in [4.69, 9.17) is 18.9 Å². The molecule has 0 spiro atoms. The number of ether oxygens (including phenoxy) is 4. The Bertz CT molecular complexity index is 1820. The normalized spacial score (nSPS) is 11.5. The van der Waals surface area contributed by atoms with Gasteiger partial charge in [-0.15, -0.1) is 0 Å². The lowest BCUT2D eigenvalue weighted by Gasteiger charge is -2.14. The van der Waals surface area contributed by atoms with Crippen LogP contribution in [0.25, 0.3) is 24.3 Å². The molecule has 0 bridgehead atoms. The molecule has 0 aliphatic carbocycles. The fraction of sp³-hybridized carbons (Fsp3) is 0.326. The maximum absolute atomic E-state index is 12.7. The molecule has 0 aliphatic rings. The molecule has 3 aromatic carbocycles. The van der Waals surface area contributed by atoms with Crippen molar-refractivity contribution in [2.24, 2.45) is 0 Å². The van der Waals surface area contributed by atoms with E-state index in [1.807, 2.05) is 36.4 Å². The van der Waals surface area contributed by atoms with Gasteiger partial charge in [0.1, 0.15) is 11.5 Å². The van der Waals surface area contributed by atoms with E-state index in [1.165, 1.54) is 19.1 Å². The van der Waals surface area contributed by atoms with Crippen LogP contribution in [0.3, 0.4) is 0 Å². The number of methoxy groups -OCH3 is 1. The monoisotopic (exact) mass is 748 g/mol. The number of hydrogen-bond acceptors (Lipinski definition) is 9. The van der Waals surface area contributed by atoms with Gasteiger partial charge in [0, 0.05) is 54.5 Å². The molecule has 3 aromatic rings. The molecule has 55 heavy (non-hydrogen) atoms. The van der Waals surface area contributed by atoms with Gasteiger partial charge in [-0.3, -0.25) is 9.59 Å². The number of unbranched alkanes of at least 4 members (excludes halogenated alkanes) is 2. The first-order valence-corrected chi connectivity index (χ1v) is 18.9. The maximum atomic E-state index is 12.7. The van der Waals surface area contributed by atoms with E-state index in [1.54, 1.807) is 20.1 Å². The molecule has 0 atom stereocenters. The van der Waals surface area contributed by atoms with E-state index in [-0.39, 0.29) is 24.4 Å². The standard InChI is InChI=1S/C46H56N2O7/c1-7-10-27-47-41-23-16-36(17-24-41)14-21-39-32-45(40(31-44(39)52-6)22-15-37-18-25-42(26-19-37)48-28-11-8-2)53-29-12-30-54-46(51)38(9-3)20-13-34(4)43(50)33-55-35(5)49/h9,13-26,31-32,47-48H,4,7-8,10-12,27-30,33H2,1-3,5-6H3/b20-13-,21-14+,22-15+,38-9+. The van der Waals surface area contributed by atoms with Gasteiger partial charge in [-0.25, -0.2) is 4.79 Å². The third kappa shape index (κ3) is 16.0. The van der Waals surface area contributed by atoms with Crippen molar-refractivity contribution in [2.75, 3.05) is 50.7 Å². The molecule has 0 radical (unpaired) electrons. The van der Waals surface area contributed by atoms with Gasteiger partial charge in [-0.2, -0.15) is 0 Å². The second-order valence-electron chi connectivity index (χ2n) is 12.7. The van der Waals surface area contributed by atoms with Crippen LogP contribution in [0.2, 0.25) is 0 Å². The number of hydrogen-bond donors (Lipinski definition) is 2. The molecule has 9 heteroatoms. The lowest BCUT2D eigenvalue weighted by atomic mass is 10.0. The number of ketones is 1. The van der Waals surface area contributed by atoms with Crippen molar-refractivity contribution < 1.29 is 33.3 Å². The molecule has 0 unspecified atom stereocenters. The molecule has 9 nitrogen and oxygen atoms in total. The molecule has 0 aliphatic heterocycles. The molecule has 0 aromatic heterocycles. The smallest absolute Gasteiger partial charge is 0.337 e. The first-order chi connectivity index (χ1) is 26.7. The van der Waals surface area contributed by atoms with Gasteiger partial charge in [0.25, 0.3) is 0 Å². The number of rotatable bonds is 24. The van der Waals surface area contributed by atoms with Crippen LogP contribution in [-0.4, -0.2) is 57.7 Å². The van der Waals surface area contributed by atoms with Crippen LogP contribution in [0.15, 0.2) is 96.6 Å². The number of Topliss-reactive ketones (excluding diaryl/α,β-unsaturated/α-hetero) is 1. The predicted molar refractivity (Wildman–Crippen MR) is 225 cm³/mol. The molecule has 0 heterocycles. The summed E-state index contributed by atoms with van der Waals surface area (Å²) in [7, 11) is 1.65. The summed E-state index contributed by atoms with van der Waals surface area (Å²) in [5.74, 6) is -0.210. The van der Waals surface area contributed by atoms with Crippen LogP contribution in [0.4, 0.5) is 11.4 Å². The Labute approximate surface area is 326 Å². The summed E-state index contributed by atoms with van der Waals surface area (Å²) in [5.41, 5.74) is 6.33. The number of carbonyl (C=O) groups excluding carboxylic acids is 3. The summed E-state index contributed by atoms with van der Waals surface area (Å²) >= 11 is 0. The SMILES string of the molecule is C=C(/C=C\C(=C/C)C(=O)OCCCOc1cc(/C=C/c2ccc(NCCCC)cc2)c(OC)cc1/C=C/c1ccc(NCCCC)cc1)C(=O)COC(C)=O. The number of nitrogens with one attached hydrogen (secondary N) is 2. The van der Waals surface area contributed by atoms with Crippen molar-refractivity contribution in [3.8, 4) is 11.5 Å². The molecular weight excluding hydrogens is 693 g/mol. The van der Waals surface area contributed by atoms with E-state index in [9.17, 15) is 14.4 Å². The first kappa shape index (κ1) is 43.6. The number of esters is 2. The van der Waals surface area contributed by atoms with Crippen molar-refractivity contribution in [1.82, 2.24) is 0 Å². The minimum absolute atomic E-state index is 0.102. The van der Waals surface area contributed by atoms with Crippen molar-refractivity contribution in [2.45, 2.75) is 59.8 Å². The quantitative estimate of drug-likeness (QED) is 0.0304. The third-order valence-electron chi connectivity index (χ3n) is 8.37. The Kier molecular flexibility index (Phi) is 19.4. The van der Waals surface area contributed by atoms with E-state index >= 15 is 0 Å². The van der Waals surface area contributed by atoms with E-state index in [0.29, 0.717) is 17.9 Å². The van der Waals surface area contributed by atoms with E-state index in [0.717, 1.165) is 72.4 Å². The first-order valence-electron chi connectivity index (χ1n) is 18.9. The van der Waals surface area contributed by atoms with Crippen molar-refractivity contribution in [1.29, 1.82) is 0 Å². The van der Waals surface area contributed by atoms with Gasteiger partial charge in [-0.1, -0.05) is 94.0 Å². The Balaban J connectivity index is 1.73. The fourth-order valence-corrected chi connectivity index (χ4v) is 5.08.